The van der Waals surface area contributed by atoms with Gasteiger partial charge in [0.15, 0.2) is 5.76 Å². The summed E-state index contributed by atoms with van der Waals surface area (Å²) in [6, 6.07) is 14.7. The van der Waals surface area contributed by atoms with Gasteiger partial charge in [-0.3, -0.25) is 4.79 Å². The second-order valence-electron chi connectivity index (χ2n) is 6.84. The van der Waals surface area contributed by atoms with Gasteiger partial charge in [-0.25, -0.2) is 4.39 Å². The number of rotatable bonds is 4. The van der Waals surface area contributed by atoms with E-state index in [4.69, 9.17) is 16.0 Å². The summed E-state index contributed by atoms with van der Waals surface area (Å²) < 4.78 is 18.7. The standard InChI is InChI=1S/C22H20ClFN2O2/c23-18-14-17(8-9-19(18)26-12-2-1-3-13-26)25-22(27)21-11-10-20(28-21)15-4-6-16(24)7-5-15/h4-11,14H,1-3,12-13H2,(H,25,27). The van der Waals surface area contributed by atoms with E-state index in [0.29, 0.717) is 22.0 Å². The van der Waals surface area contributed by atoms with Crippen LogP contribution in [0.3, 0.4) is 0 Å². The van der Waals surface area contributed by atoms with Gasteiger partial charge in [-0.2, -0.15) is 0 Å². The molecule has 2 aromatic carbocycles. The van der Waals surface area contributed by atoms with Crippen molar-refractivity contribution in [2.45, 2.75) is 19.3 Å². The van der Waals surface area contributed by atoms with E-state index in [1.54, 1.807) is 30.3 Å². The highest BCUT2D eigenvalue weighted by atomic mass is 35.5. The molecule has 1 aromatic heterocycles. The average molecular weight is 399 g/mol. The van der Waals surface area contributed by atoms with Gasteiger partial charge in [-0.15, -0.1) is 0 Å². The highest BCUT2D eigenvalue weighted by Gasteiger charge is 2.16. The summed E-state index contributed by atoms with van der Waals surface area (Å²) in [6.07, 6.45) is 3.60. The predicted molar refractivity (Wildman–Crippen MR) is 110 cm³/mol. The number of benzene rings is 2. The fraction of sp³-hybridized carbons (Fsp3) is 0.227. The SMILES string of the molecule is O=C(Nc1ccc(N2CCCCC2)c(Cl)c1)c1ccc(-c2ccc(F)cc2)o1. The number of piperidine rings is 1. The minimum atomic E-state index is -0.366. The van der Waals surface area contributed by atoms with E-state index in [2.05, 4.69) is 10.2 Å². The lowest BCUT2D eigenvalue weighted by Gasteiger charge is -2.29. The Bertz CT molecular complexity index is 978. The number of hydrogen-bond acceptors (Lipinski definition) is 3. The van der Waals surface area contributed by atoms with Gasteiger partial charge < -0.3 is 14.6 Å². The molecule has 0 atom stereocenters. The molecule has 1 fully saturated rings. The topological polar surface area (TPSA) is 45.5 Å². The maximum atomic E-state index is 13.0. The number of furan rings is 1. The smallest absolute Gasteiger partial charge is 0.291 e. The molecule has 0 bridgehead atoms. The molecule has 6 heteroatoms. The summed E-state index contributed by atoms with van der Waals surface area (Å²) >= 11 is 6.44. The number of nitrogens with zero attached hydrogens (tertiary/aromatic N) is 1. The molecule has 0 unspecified atom stereocenters. The lowest BCUT2D eigenvalue weighted by atomic mass is 10.1. The summed E-state index contributed by atoms with van der Waals surface area (Å²) in [5.74, 6) is -0.00696. The average Bonchev–Trinajstić information content (AvgIpc) is 3.20. The van der Waals surface area contributed by atoms with Crippen LogP contribution in [0.15, 0.2) is 59.0 Å². The van der Waals surface area contributed by atoms with Crippen LogP contribution in [0.5, 0.6) is 0 Å². The first-order chi connectivity index (χ1) is 13.6. The molecule has 4 nitrogen and oxygen atoms in total. The van der Waals surface area contributed by atoms with Gasteiger partial charge in [0.25, 0.3) is 5.91 Å². The van der Waals surface area contributed by atoms with Crippen molar-refractivity contribution in [2.24, 2.45) is 0 Å². The number of nitrogens with one attached hydrogen (secondary N) is 1. The van der Waals surface area contributed by atoms with E-state index in [9.17, 15) is 9.18 Å². The van der Waals surface area contributed by atoms with Gasteiger partial charge in [0.2, 0.25) is 0 Å². The van der Waals surface area contributed by atoms with Crippen molar-refractivity contribution in [3.63, 3.8) is 0 Å². The number of anilines is 2. The van der Waals surface area contributed by atoms with Crippen molar-refractivity contribution < 1.29 is 13.6 Å². The van der Waals surface area contributed by atoms with Gasteiger partial charge in [0.05, 0.1) is 10.7 Å². The molecule has 3 aromatic rings. The molecule has 0 spiro atoms. The minimum Gasteiger partial charge on any atom is -0.451 e. The molecular weight excluding hydrogens is 379 g/mol. The molecule has 0 aliphatic carbocycles. The lowest BCUT2D eigenvalue weighted by molar-refractivity contribution is 0.0997. The first-order valence-electron chi connectivity index (χ1n) is 9.32. The molecule has 1 aliphatic heterocycles. The molecule has 2 heterocycles. The molecule has 1 N–H and O–H groups in total. The third-order valence-electron chi connectivity index (χ3n) is 4.86. The van der Waals surface area contributed by atoms with Crippen molar-refractivity contribution in [3.8, 4) is 11.3 Å². The van der Waals surface area contributed by atoms with E-state index in [1.807, 2.05) is 12.1 Å². The van der Waals surface area contributed by atoms with Crippen LogP contribution in [0.4, 0.5) is 15.8 Å². The normalized spacial score (nSPS) is 14.1. The van der Waals surface area contributed by atoms with Crippen LogP contribution < -0.4 is 10.2 Å². The highest BCUT2D eigenvalue weighted by Crippen LogP contribution is 2.31. The Labute approximate surface area is 167 Å². The lowest BCUT2D eigenvalue weighted by Crippen LogP contribution is -2.29. The van der Waals surface area contributed by atoms with Crippen LogP contribution in [0.2, 0.25) is 5.02 Å². The van der Waals surface area contributed by atoms with E-state index >= 15 is 0 Å². The monoisotopic (exact) mass is 398 g/mol. The van der Waals surface area contributed by atoms with Crippen molar-refractivity contribution in [3.05, 3.63) is 71.2 Å². The van der Waals surface area contributed by atoms with Crippen LogP contribution in [0.25, 0.3) is 11.3 Å². The van der Waals surface area contributed by atoms with Crippen molar-refractivity contribution in [1.82, 2.24) is 0 Å². The largest absolute Gasteiger partial charge is 0.451 e. The Morgan fingerprint density at radius 2 is 1.75 bits per heavy atom. The maximum absolute atomic E-state index is 13.0. The van der Waals surface area contributed by atoms with Crippen LogP contribution in [0.1, 0.15) is 29.8 Å². The Kier molecular flexibility index (Phi) is 5.35. The third-order valence-corrected chi connectivity index (χ3v) is 5.16. The summed E-state index contributed by atoms with van der Waals surface area (Å²) in [7, 11) is 0. The van der Waals surface area contributed by atoms with E-state index < -0.39 is 0 Å². The third kappa shape index (κ3) is 4.04. The number of carbonyl (C=O) groups is 1. The zero-order chi connectivity index (χ0) is 19.5. The Hall–Kier alpha value is -2.79. The Morgan fingerprint density at radius 1 is 1.00 bits per heavy atom. The van der Waals surface area contributed by atoms with Crippen molar-refractivity contribution in [1.29, 1.82) is 0 Å². The first-order valence-corrected chi connectivity index (χ1v) is 9.69. The summed E-state index contributed by atoms with van der Waals surface area (Å²) in [5, 5.41) is 3.42. The van der Waals surface area contributed by atoms with Gasteiger partial charge >= 0.3 is 0 Å². The van der Waals surface area contributed by atoms with Gasteiger partial charge in [0, 0.05) is 24.3 Å². The fourth-order valence-corrected chi connectivity index (χ4v) is 3.70. The quantitative estimate of drug-likeness (QED) is 0.587. The zero-order valence-electron chi connectivity index (χ0n) is 15.3. The molecule has 0 radical (unpaired) electrons. The van der Waals surface area contributed by atoms with Gasteiger partial charge in [-0.1, -0.05) is 11.6 Å². The maximum Gasteiger partial charge on any atom is 0.291 e. The van der Waals surface area contributed by atoms with Crippen LogP contribution in [-0.4, -0.2) is 19.0 Å². The summed E-state index contributed by atoms with van der Waals surface area (Å²) in [5.41, 5.74) is 2.31. The van der Waals surface area contributed by atoms with Crippen molar-refractivity contribution >= 4 is 28.9 Å². The number of halogens is 2. The number of hydrogen-bond donors (Lipinski definition) is 1. The van der Waals surface area contributed by atoms with Crippen LogP contribution in [0, 0.1) is 5.82 Å². The van der Waals surface area contributed by atoms with E-state index in [-0.39, 0.29) is 17.5 Å². The molecule has 144 valence electrons. The molecular formula is C22H20ClFN2O2. The summed E-state index contributed by atoms with van der Waals surface area (Å²) in [4.78, 5) is 14.8. The predicted octanol–water partition coefficient (Wildman–Crippen LogP) is 5.98. The molecule has 1 saturated heterocycles. The van der Waals surface area contributed by atoms with Crippen LogP contribution >= 0.6 is 11.6 Å². The second-order valence-corrected chi connectivity index (χ2v) is 7.25. The summed E-state index contributed by atoms with van der Waals surface area (Å²) in [6.45, 7) is 2.01. The molecule has 1 aliphatic rings. The van der Waals surface area contributed by atoms with E-state index in [0.717, 1.165) is 18.8 Å². The number of carbonyl (C=O) groups excluding carboxylic acids is 1. The first kappa shape index (κ1) is 18.6. The highest BCUT2D eigenvalue weighted by molar-refractivity contribution is 6.33. The molecule has 28 heavy (non-hydrogen) atoms. The Morgan fingerprint density at radius 3 is 2.46 bits per heavy atom. The molecule has 0 saturated carbocycles. The second kappa shape index (κ2) is 8.07. The van der Waals surface area contributed by atoms with Crippen molar-refractivity contribution in [2.75, 3.05) is 23.3 Å². The minimum absolute atomic E-state index is 0.176. The van der Waals surface area contributed by atoms with Gasteiger partial charge in [-0.05, 0) is 73.9 Å². The number of amides is 1. The Balaban J connectivity index is 1.46. The fourth-order valence-electron chi connectivity index (χ4n) is 3.40. The zero-order valence-corrected chi connectivity index (χ0v) is 16.0. The van der Waals surface area contributed by atoms with E-state index in [1.165, 1.54) is 31.4 Å². The van der Waals surface area contributed by atoms with Crippen LogP contribution in [-0.2, 0) is 0 Å². The molecule has 4 rings (SSSR count). The van der Waals surface area contributed by atoms with Gasteiger partial charge in [0.1, 0.15) is 11.6 Å². The molecule has 1 amide bonds.